The summed E-state index contributed by atoms with van der Waals surface area (Å²) < 4.78 is 0. The minimum atomic E-state index is 0.878. The van der Waals surface area contributed by atoms with Crippen molar-refractivity contribution >= 4 is 29.2 Å². The van der Waals surface area contributed by atoms with E-state index in [1.807, 2.05) is 18.3 Å². The van der Waals surface area contributed by atoms with Crippen molar-refractivity contribution in [2.24, 2.45) is 5.10 Å². The number of piperazine rings is 1. The fourth-order valence-corrected chi connectivity index (χ4v) is 3.65. The average molecular weight is 335 g/mol. The van der Waals surface area contributed by atoms with E-state index in [2.05, 4.69) is 40.6 Å². The number of nitrogens with zero attached hydrogens (tertiary/aromatic N) is 2. The van der Waals surface area contributed by atoms with Gasteiger partial charge in [0.2, 0.25) is 0 Å². The van der Waals surface area contributed by atoms with E-state index in [0.717, 1.165) is 37.7 Å². The Labute approximate surface area is 140 Å². The Kier molecular flexibility index (Phi) is 5.13. The van der Waals surface area contributed by atoms with Gasteiger partial charge in [0, 0.05) is 15.5 Å². The number of hydrogen-bond donors (Lipinski definition) is 1. The van der Waals surface area contributed by atoms with E-state index in [4.69, 9.17) is 11.6 Å². The van der Waals surface area contributed by atoms with Gasteiger partial charge in [0.15, 0.2) is 0 Å². The van der Waals surface area contributed by atoms with Gasteiger partial charge >= 0.3 is 0 Å². The van der Waals surface area contributed by atoms with E-state index >= 15 is 0 Å². The van der Waals surface area contributed by atoms with E-state index in [9.17, 15) is 0 Å². The van der Waals surface area contributed by atoms with Gasteiger partial charge in [0.1, 0.15) is 6.54 Å². The summed E-state index contributed by atoms with van der Waals surface area (Å²) in [5.74, 6) is 0. The molecule has 1 aromatic heterocycles. The molecule has 5 heteroatoms. The Bertz CT molecular complexity index is 645. The van der Waals surface area contributed by atoms with Crippen LogP contribution in [0.3, 0.4) is 0 Å². The maximum atomic E-state index is 6.25. The summed E-state index contributed by atoms with van der Waals surface area (Å²) in [5, 5.41) is 9.79. The van der Waals surface area contributed by atoms with Crippen molar-refractivity contribution in [3.05, 3.63) is 56.7 Å². The number of rotatable bonds is 4. The van der Waals surface area contributed by atoms with Crippen LogP contribution in [-0.2, 0) is 6.54 Å². The molecule has 2 aromatic rings. The van der Waals surface area contributed by atoms with Crippen molar-refractivity contribution in [3.63, 3.8) is 0 Å². The lowest BCUT2D eigenvalue weighted by Crippen LogP contribution is -3.13. The Morgan fingerprint density at radius 3 is 2.73 bits per heavy atom. The zero-order valence-corrected chi connectivity index (χ0v) is 14.3. The first kappa shape index (κ1) is 15.5. The van der Waals surface area contributed by atoms with Crippen LogP contribution in [0.25, 0.3) is 0 Å². The highest BCUT2D eigenvalue weighted by Gasteiger charge is 2.19. The minimum absolute atomic E-state index is 0.878. The molecule has 1 aromatic carbocycles. The fraction of sp³-hybridized carbons (Fsp3) is 0.353. The van der Waals surface area contributed by atoms with Gasteiger partial charge in [-0.15, -0.1) is 11.3 Å². The van der Waals surface area contributed by atoms with Crippen LogP contribution in [0.1, 0.15) is 16.0 Å². The summed E-state index contributed by atoms with van der Waals surface area (Å²) in [4.78, 5) is 2.83. The molecule has 3 rings (SSSR count). The molecule has 3 nitrogen and oxygen atoms in total. The average Bonchev–Trinajstić information content (AvgIpc) is 2.94. The van der Waals surface area contributed by atoms with Gasteiger partial charge in [-0.3, -0.25) is 5.01 Å². The van der Waals surface area contributed by atoms with Crippen molar-refractivity contribution in [2.75, 3.05) is 26.2 Å². The summed E-state index contributed by atoms with van der Waals surface area (Å²) in [6.07, 6.45) is 2.00. The summed E-state index contributed by atoms with van der Waals surface area (Å²) in [6, 6.07) is 10.3. The van der Waals surface area contributed by atoms with Crippen molar-refractivity contribution in [1.82, 2.24) is 5.01 Å². The van der Waals surface area contributed by atoms with Crippen LogP contribution in [0.4, 0.5) is 0 Å². The first-order chi connectivity index (χ1) is 10.7. The highest BCUT2D eigenvalue weighted by Crippen LogP contribution is 2.14. The van der Waals surface area contributed by atoms with Crippen molar-refractivity contribution in [1.29, 1.82) is 0 Å². The number of halogens is 1. The molecule has 2 heterocycles. The van der Waals surface area contributed by atoms with Crippen molar-refractivity contribution in [3.8, 4) is 0 Å². The van der Waals surface area contributed by atoms with Gasteiger partial charge in [0.25, 0.3) is 0 Å². The van der Waals surface area contributed by atoms with E-state index in [1.165, 1.54) is 16.0 Å². The largest absolute Gasteiger partial charge is 0.328 e. The Morgan fingerprint density at radius 1 is 1.27 bits per heavy atom. The predicted molar refractivity (Wildman–Crippen MR) is 94.1 cm³/mol. The fourth-order valence-electron chi connectivity index (χ4n) is 2.67. The zero-order chi connectivity index (χ0) is 15.4. The highest BCUT2D eigenvalue weighted by molar-refractivity contribution is 7.11. The van der Waals surface area contributed by atoms with Gasteiger partial charge in [-0.1, -0.05) is 29.8 Å². The third-order valence-electron chi connectivity index (χ3n) is 4.09. The molecule has 1 fully saturated rings. The maximum absolute atomic E-state index is 6.25. The number of thiophene rings is 1. The second-order valence-electron chi connectivity index (χ2n) is 5.68. The van der Waals surface area contributed by atoms with Crippen molar-refractivity contribution in [2.45, 2.75) is 13.5 Å². The summed E-state index contributed by atoms with van der Waals surface area (Å²) in [6.45, 7) is 7.34. The molecule has 116 valence electrons. The maximum Gasteiger partial charge on any atom is 0.104 e. The molecule has 0 aliphatic carbocycles. The van der Waals surface area contributed by atoms with Crippen LogP contribution < -0.4 is 4.90 Å². The van der Waals surface area contributed by atoms with E-state index in [-0.39, 0.29) is 0 Å². The highest BCUT2D eigenvalue weighted by atomic mass is 35.5. The van der Waals surface area contributed by atoms with Crippen LogP contribution in [0.2, 0.25) is 5.02 Å². The molecule has 0 unspecified atom stereocenters. The molecule has 0 bridgehead atoms. The molecule has 0 spiro atoms. The number of hydrazone groups is 1. The molecular weight excluding hydrogens is 314 g/mol. The molecule has 1 saturated heterocycles. The number of aryl methyl sites for hydroxylation is 1. The van der Waals surface area contributed by atoms with E-state index in [0.29, 0.717) is 0 Å². The van der Waals surface area contributed by atoms with Crippen LogP contribution in [0.15, 0.2) is 40.8 Å². The van der Waals surface area contributed by atoms with Crippen LogP contribution in [0.5, 0.6) is 0 Å². The van der Waals surface area contributed by atoms with Crippen LogP contribution in [0, 0.1) is 6.92 Å². The lowest BCUT2D eigenvalue weighted by atomic mass is 10.2. The molecular formula is C17H21ClN3S+. The van der Waals surface area contributed by atoms with Crippen LogP contribution >= 0.6 is 22.9 Å². The molecule has 0 amide bonds. The SMILES string of the molecule is Cc1ccsc1C=NN1CC[NH+](Cc2ccccc2Cl)CC1. The molecule has 22 heavy (non-hydrogen) atoms. The smallest absolute Gasteiger partial charge is 0.104 e. The van der Waals surface area contributed by atoms with E-state index in [1.54, 1.807) is 16.2 Å². The first-order valence-corrected chi connectivity index (χ1v) is 8.88. The third kappa shape index (κ3) is 3.88. The summed E-state index contributed by atoms with van der Waals surface area (Å²) in [7, 11) is 0. The molecule has 1 aliphatic rings. The summed E-state index contributed by atoms with van der Waals surface area (Å²) in [5.41, 5.74) is 2.54. The number of quaternary nitrogens is 1. The number of nitrogens with one attached hydrogen (secondary N) is 1. The first-order valence-electron chi connectivity index (χ1n) is 7.62. The number of benzene rings is 1. The monoisotopic (exact) mass is 334 g/mol. The van der Waals surface area contributed by atoms with Crippen LogP contribution in [-0.4, -0.2) is 37.4 Å². The lowest BCUT2D eigenvalue weighted by Gasteiger charge is -2.30. The Morgan fingerprint density at radius 2 is 2.05 bits per heavy atom. The van der Waals surface area contributed by atoms with Gasteiger partial charge in [0.05, 0.1) is 32.4 Å². The molecule has 0 saturated carbocycles. The van der Waals surface area contributed by atoms with Gasteiger partial charge in [-0.2, -0.15) is 5.10 Å². The lowest BCUT2D eigenvalue weighted by molar-refractivity contribution is -0.918. The second-order valence-corrected chi connectivity index (χ2v) is 7.04. The Hall–Kier alpha value is -1.36. The minimum Gasteiger partial charge on any atom is -0.328 e. The molecule has 0 atom stereocenters. The standard InChI is InChI=1S/C17H20ClN3S/c1-14-6-11-22-17(14)12-19-21-9-7-20(8-10-21)13-15-4-2-3-5-16(15)18/h2-6,11-12H,7-10,13H2,1H3/p+1. The predicted octanol–water partition coefficient (Wildman–Crippen LogP) is 2.44. The topological polar surface area (TPSA) is 20.0 Å². The zero-order valence-electron chi connectivity index (χ0n) is 12.8. The van der Waals surface area contributed by atoms with Crippen molar-refractivity contribution < 1.29 is 4.90 Å². The number of hydrogen-bond acceptors (Lipinski definition) is 3. The van der Waals surface area contributed by atoms with E-state index < -0.39 is 0 Å². The third-order valence-corrected chi connectivity index (χ3v) is 5.41. The van der Waals surface area contributed by atoms with Gasteiger partial charge in [-0.05, 0) is 30.0 Å². The quantitative estimate of drug-likeness (QED) is 0.851. The van der Waals surface area contributed by atoms with Gasteiger partial charge in [-0.25, -0.2) is 0 Å². The summed E-state index contributed by atoms with van der Waals surface area (Å²) >= 11 is 7.99. The second kappa shape index (κ2) is 7.27. The van der Waals surface area contributed by atoms with Gasteiger partial charge < -0.3 is 4.90 Å². The molecule has 1 aliphatic heterocycles. The normalized spacial score (nSPS) is 16.5. The molecule has 0 radical (unpaired) electrons. The molecule has 1 N–H and O–H groups in total. The Balaban J connectivity index is 1.51.